The van der Waals surface area contributed by atoms with Gasteiger partial charge in [0, 0.05) is 11.5 Å². The van der Waals surface area contributed by atoms with Gasteiger partial charge in [0.05, 0.1) is 12.2 Å². The average molecular weight is 437 g/mol. The number of allylic oxidation sites excluding steroid dienone is 2. The van der Waals surface area contributed by atoms with Crippen LogP contribution in [0.1, 0.15) is 71.3 Å². The minimum absolute atomic E-state index is 0.0164. The highest BCUT2D eigenvalue weighted by atomic mass is 16.5. The van der Waals surface area contributed by atoms with Crippen molar-refractivity contribution in [3.63, 3.8) is 0 Å². The fourth-order valence-electron chi connectivity index (χ4n) is 6.69. The van der Waals surface area contributed by atoms with Crippen LogP contribution in [0.5, 0.6) is 0 Å². The molecule has 32 heavy (non-hydrogen) atoms. The maximum Gasteiger partial charge on any atom is 0.330 e. The Morgan fingerprint density at radius 2 is 1.91 bits per heavy atom. The number of benzene rings is 1. The Morgan fingerprint density at radius 3 is 2.59 bits per heavy atom. The Bertz CT molecular complexity index is 852. The SMILES string of the molecule is C=CC(=C)CC[C@@H]1[C@@]2(C)CCC[C@](C)(COC(=O)/C=C\c3ccccc3)[C@@H]2CC[C@@]1(C)O. The minimum atomic E-state index is -0.681. The van der Waals surface area contributed by atoms with Gasteiger partial charge >= 0.3 is 5.97 Å². The van der Waals surface area contributed by atoms with Gasteiger partial charge in [0.15, 0.2) is 0 Å². The number of carbonyl (C=O) groups is 1. The predicted molar refractivity (Wildman–Crippen MR) is 132 cm³/mol. The zero-order chi connectivity index (χ0) is 23.4. The molecule has 174 valence electrons. The standard InChI is InChI=1S/C29H40O3/c1-6-22(2)13-15-25-28(4)19-10-18-27(3,24(28)17-20-29(25,5)31)21-32-26(30)16-14-23-11-8-7-9-12-23/h6-9,11-12,14,16,24-25,31H,1-2,10,13,15,17-21H2,3-5H3/b16-14-/t24-,25+,27+,28-,29+/m0/s1. The fourth-order valence-corrected chi connectivity index (χ4v) is 6.69. The van der Waals surface area contributed by atoms with Crippen molar-refractivity contribution in [3.8, 4) is 0 Å². The molecule has 0 aromatic heterocycles. The van der Waals surface area contributed by atoms with Crippen LogP contribution in [0.2, 0.25) is 0 Å². The molecule has 2 saturated carbocycles. The second-order valence-electron chi connectivity index (χ2n) is 10.8. The van der Waals surface area contributed by atoms with E-state index in [0.717, 1.165) is 56.1 Å². The summed E-state index contributed by atoms with van der Waals surface area (Å²) in [6.07, 6.45) is 11.9. The van der Waals surface area contributed by atoms with E-state index >= 15 is 0 Å². The molecular weight excluding hydrogens is 396 g/mol. The minimum Gasteiger partial charge on any atom is -0.462 e. The molecule has 0 amide bonds. The summed E-state index contributed by atoms with van der Waals surface area (Å²) in [5, 5.41) is 11.3. The van der Waals surface area contributed by atoms with Crippen LogP contribution < -0.4 is 0 Å². The Kier molecular flexibility index (Phi) is 7.50. The topological polar surface area (TPSA) is 46.5 Å². The van der Waals surface area contributed by atoms with Crippen molar-refractivity contribution in [2.75, 3.05) is 6.61 Å². The van der Waals surface area contributed by atoms with Gasteiger partial charge in [-0.15, -0.1) is 0 Å². The van der Waals surface area contributed by atoms with Crippen molar-refractivity contribution < 1.29 is 14.6 Å². The van der Waals surface area contributed by atoms with Gasteiger partial charge in [0.25, 0.3) is 0 Å². The van der Waals surface area contributed by atoms with Crippen LogP contribution in [-0.2, 0) is 9.53 Å². The molecule has 1 aromatic rings. The van der Waals surface area contributed by atoms with Crippen molar-refractivity contribution in [3.05, 3.63) is 66.8 Å². The van der Waals surface area contributed by atoms with Gasteiger partial charge in [0.1, 0.15) is 0 Å². The number of hydrogen-bond donors (Lipinski definition) is 1. The quantitative estimate of drug-likeness (QED) is 0.279. The first-order valence-electron chi connectivity index (χ1n) is 12.0. The second-order valence-corrected chi connectivity index (χ2v) is 10.8. The van der Waals surface area contributed by atoms with Crippen LogP contribution in [-0.4, -0.2) is 23.3 Å². The van der Waals surface area contributed by atoms with Crippen LogP contribution >= 0.6 is 0 Å². The van der Waals surface area contributed by atoms with Crippen LogP contribution in [0, 0.1) is 22.7 Å². The van der Waals surface area contributed by atoms with Gasteiger partial charge in [-0.05, 0) is 74.3 Å². The molecule has 0 aliphatic heterocycles. The summed E-state index contributed by atoms with van der Waals surface area (Å²) in [6, 6.07) is 9.79. The summed E-state index contributed by atoms with van der Waals surface area (Å²) in [7, 11) is 0. The molecule has 0 spiro atoms. The van der Waals surface area contributed by atoms with E-state index in [1.165, 1.54) is 6.08 Å². The van der Waals surface area contributed by atoms with Crippen molar-refractivity contribution >= 4 is 12.0 Å². The van der Waals surface area contributed by atoms with Crippen molar-refractivity contribution in [1.82, 2.24) is 0 Å². The molecule has 3 heteroatoms. The molecule has 0 radical (unpaired) electrons. The van der Waals surface area contributed by atoms with Gasteiger partial charge in [0.2, 0.25) is 0 Å². The lowest BCUT2D eigenvalue weighted by atomic mass is 9.45. The monoisotopic (exact) mass is 436 g/mol. The van der Waals surface area contributed by atoms with E-state index in [1.54, 1.807) is 6.08 Å². The summed E-state index contributed by atoms with van der Waals surface area (Å²) in [5.74, 6) is 0.319. The summed E-state index contributed by atoms with van der Waals surface area (Å²) < 4.78 is 5.79. The lowest BCUT2D eigenvalue weighted by Crippen LogP contribution is -2.59. The van der Waals surface area contributed by atoms with Crippen LogP contribution in [0.25, 0.3) is 6.08 Å². The lowest BCUT2D eigenvalue weighted by Gasteiger charge is -2.61. The van der Waals surface area contributed by atoms with Crippen LogP contribution in [0.15, 0.2) is 61.2 Å². The van der Waals surface area contributed by atoms with Gasteiger partial charge in [-0.3, -0.25) is 0 Å². The smallest absolute Gasteiger partial charge is 0.330 e. The van der Waals surface area contributed by atoms with E-state index in [4.69, 9.17) is 4.74 Å². The summed E-state index contributed by atoms with van der Waals surface area (Å²) >= 11 is 0. The van der Waals surface area contributed by atoms with Gasteiger partial charge in [-0.1, -0.05) is 75.4 Å². The van der Waals surface area contributed by atoms with Crippen LogP contribution in [0.3, 0.4) is 0 Å². The predicted octanol–water partition coefficient (Wildman–Crippen LogP) is 6.74. The molecule has 2 aliphatic carbocycles. The third-order valence-corrected chi connectivity index (χ3v) is 8.38. The number of ether oxygens (including phenoxy) is 1. The summed E-state index contributed by atoms with van der Waals surface area (Å²) in [4.78, 5) is 12.5. The maximum absolute atomic E-state index is 12.5. The molecule has 1 N–H and O–H groups in total. The average Bonchev–Trinajstić information content (AvgIpc) is 2.75. The number of hydrogen-bond acceptors (Lipinski definition) is 3. The van der Waals surface area contributed by atoms with Gasteiger partial charge < -0.3 is 9.84 Å². The zero-order valence-corrected chi connectivity index (χ0v) is 20.1. The number of fused-ring (bicyclic) bond motifs is 1. The Balaban J connectivity index is 1.72. The van der Waals surface area contributed by atoms with E-state index in [0.29, 0.717) is 12.5 Å². The highest BCUT2D eigenvalue weighted by Crippen LogP contribution is 2.63. The molecule has 3 nitrogen and oxygen atoms in total. The third-order valence-electron chi connectivity index (χ3n) is 8.38. The molecular formula is C29H40O3. The normalized spacial score (nSPS) is 34.6. The Morgan fingerprint density at radius 1 is 1.19 bits per heavy atom. The van der Waals surface area contributed by atoms with Crippen molar-refractivity contribution in [1.29, 1.82) is 0 Å². The first kappa shape index (κ1) is 24.5. The van der Waals surface area contributed by atoms with Gasteiger partial charge in [-0.25, -0.2) is 4.79 Å². The molecule has 0 heterocycles. The van der Waals surface area contributed by atoms with Gasteiger partial charge in [-0.2, -0.15) is 0 Å². The largest absolute Gasteiger partial charge is 0.462 e. The number of carbonyl (C=O) groups excluding carboxylic acids is 1. The first-order chi connectivity index (χ1) is 15.1. The lowest BCUT2D eigenvalue weighted by molar-refractivity contribution is -0.185. The number of rotatable bonds is 8. The number of esters is 1. The highest BCUT2D eigenvalue weighted by Gasteiger charge is 2.59. The van der Waals surface area contributed by atoms with E-state index in [-0.39, 0.29) is 22.7 Å². The third kappa shape index (κ3) is 5.26. The molecule has 3 rings (SSSR count). The highest BCUT2D eigenvalue weighted by molar-refractivity contribution is 5.87. The van der Waals surface area contributed by atoms with E-state index in [9.17, 15) is 9.90 Å². The van der Waals surface area contributed by atoms with Crippen molar-refractivity contribution in [2.45, 2.75) is 71.3 Å². The fraction of sp³-hybridized carbons (Fsp3) is 0.552. The summed E-state index contributed by atoms with van der Waals surface area (Å²) in [5.41, 5.74) is 1.28. The molecule has 2 fully saturated rings. The second kappa shape index (κ2) is 9.79. The van der Waals surface area contributed by atoms with Crippen molar-refractivity contribution in [2.24, 2.45) is 22.7 Å². The Hall–Kier alpha value is -2.13. The molecule has 0 saturated heterocycles. The molecule has 5 atom stereocenters. The maximum atomic E-state index is 12.5. The van der Waals surface area contributed by atoms with E-state index < -0.39 is 5.60 Å². The molecule has 0 unspecified atom stereocenters. The van der Waals surface area contributed by atoms with E-state index in [2.05, 4.69) is 27.0 Å². The Labute approximate surface area is 194 Å². The first-order valence-corrected chi connectivity index (χ1v) is 12.0. The molecule has 1 aromatic carbocycles. The number of aliphatic hydroxyl groups is 1. The molecule has 2 aliphatic rings. The zero-order valence-electron chi connectivity index (χ0n) is 20.1. The van der Waals surface area contributed by atoms with E-state index in [1.807, 2.05) is 43.3 Å². The summed E-state index contributed by atoms with van der Waals surface area (Å²) in [6.45, 7) is 15.0. The molecule has 0 bridgehead atoms. The van der Waals surface area contributed by atoms with Crippen LogP contribution in [0.4, 0.5) is 0 Å².